The molecule has 33 heavy (non-hydrogen) atoms. The molecule has 0 aliphatic carbocycles. The molecule has 8 heteroatoms. The zero-order chi connectivity index (χ0) is 23.4. The van der Waals surface area contributed by atoms with Gasteiger partial charge < -0.3 is 18.9 Å². The summed E-state index contributed by atoms with van der Waals surface area (Å²) in [4.78, 5) is 23.4. The lowest BCUT2D eigenvalue weighted by atomic mass is 10.1. The summed E-state index contributed by atoms with van der Waals surface area (Å²) in [5, 5.41) is 11.3. The molecule has 0 fully saturated rings. The summed E-state index contributed by atoms with van der Waals surface area (Å²) in [7, 11) is 1.53. The highest BCUT2D eigenvalue weighted by Gasteiger charge is 2.17. The Morgan fingerprint density at radius 2 is 1.85 bits per heavy atom. The van der Waals surface area contributed by atoms with E-state index < -0.39 is 4.92 Å². The molecular weight excluding hydrogens is 426 g/mol. The van der Waals surface area contributed by atoms with Crippen molar-refractivity contribution in [1.29, 1.82) is 0 Å². The molecule has 0 saturated heterocycles. The van der Waals surface area contributed by atoms with Gasteiger partial charge in [0.05, 0.1) is 12.0 Å². The topological polar surface area (TPSA) is 97.1 Å². The van der Waals surface area contributed by atoms with Crippen LogP contribution in [0.25, 0.3) is 6.08 Å². The van der Waals surface area contributed by atoms with Gasteiger partial charge in [0.15, 0.2) is 23.0 Å². The molecule has 168 valence electrons. The van der Waals surface area contributed by atoms with Crippen LogP contribution in [0.4, 0.5) is 5.69 Å². The number of carbonyl (C=O) groups is 1. The molecule has 3 aromatic rings. The fourth-order valence-corrected chi connectivity index (χ4v) is 3.38. The lowest BCUT2D eigenvalue weighted by molar-refractivity contribution is -0.386. The van der Waals surface area contributed by atoms with E-state index in [4.69, 9.17) is 18.9 Å². The van der Waals surface area contributed by atoms with Crippen molar-refractivity contribution in [2.75, 3.05) is 13.9 Å². The summed E-state index contributed by atoms with van der Waals surface area (Å²) in [6.07, 6.45) is 3.15. The van der Waals surface area contributed by atoms with Crippen LogP contribution in [0, 0.1) is 17.0 Å². The predicted molar refractivity (Wildman–Crippen MR) is 121 cm³/mol. The third-order valence-electron chi connectivity index (χ3n) is 5.08. The third-order valence-corrected chi connectivity index (χ3v) is 5.08. The summed E-state index contributed by atoms with van der Waals surface area (Å²) in [6, 6.07) is 15.2. The van der Waals surface area contributed by atoms with Crippen LogP contribution in [-0.2, 0) is 6.61 Å². The van der Waals surface area contributed by atoms with Gasteiger partial charge in [-0.3, -0.25) is 14.9 Å². The first-order chi connectivity index (χ1) is 15.9. The number of ether oxygens (including phenoxy) is 4. The van der Waals surface area contributed by atoms with Gasteiger partial charge >= 0.3 is 5.69 Å². The van der Waals surface area contributed by atoms with E-state index in [0.29, 0.717) is 28.4 Å². The number of nitrogens with zero attached hydrogens (tertiary/aromatic N) is 1. The molecule has 1 aliphatic rings. The van der Waals surface area contributed by atoms with E-state index in [1.54, 1.807) is 55.5 Å². The lowest BCUT2D eigenvalue weighted by Gasteiger charge is -2.12. The number of methoxy groups -OCH3 is 1. The number of allylic oxidation sites excluding steroid dienone is 1. The number of fused-ring (bicyclic) bond motifs is 1. The Balaban J connectivity index is 1.51. The molecule has 0 unspecified atom stereocenters. The molecule has 1 heterocycles. The lowest BCUT2D eigenvalue weighted by Crippen LogP contribution is -2.02. The number of hydrogen-bond acceptors (Lipinski definition) is 7. The highest BCUT2D eigenvalue weighted by atomic mass is 16.7. The Morgan fingerprint density at radius 1 is 1.06 bits per heavy atom. The van der Waals surface area contributed by atoms with Gasteiger partial charge in [-0.1, -0.05) is 18.2 Å². The second-order valence-electron chi connectivity index (χ2n) is 7.35. The fraction of sp³-hybridized carbons (Fsp3) is 0.160. The van der Waals surface area contributed by atoms with E-state index >= 15 is 0 Å². The van der Waals surface area contributed by atoms with Crippen molar-refractivity contribution >= 4 is 17.5 Å². The van der Waals surface area contributed by atoms with Crippen LogP contribution in [0.5, 0.6) is 23.0 Å². The summed E-state index contributed by atoms with van der Waals surface area (Å²) in [6.45, 7) is 1.98. The summed E-state index contributed by atoms with van der Waals surface area (Å²) >= 11 is 0. The Labute approximate surface area is 190 Å². The number of hydrogen-bond donors (Lipinski definition) is 0. The second-order valence-corrected chi connectivity index (χ2v) is 7.35. The van der Waals surface area contributed by atoms with Crippen molar-refractivity contribution in [2.24, 2.45) is 0 Å². The predicted octanol–water partition coefficient (Wildman–Crippen LogP) is 5.12. The monoisotopic (exact) mass is 447 g/mol. The molecular formula is C25H21NO7. The van der Waals surface area contributed by atoms with Crippen LogP contribution in [-0.4, -0.2) is 24.6 Å². The molecule has 3 aromatic carbocycles. The minimum Gasteiger partial charge on any atom is -0.496 e. The van der Waals surface area contributed by atoms with Gasteiger partial charge in [-0.05, 0) is 60.5 Å². The molecule has 0 amide bonds. The molecule has 0 radical (unpaired) electrons. The third kappa shape index (κ3) is 4.95. The zero-order valence-corrected chi connectivity index (χ0v) is 18.1. The van der Waals surface area contributed by atoms with Crippen molar-refractivity contribution in [3.63, 3.8) is 0 Å². The SMILES string of the molecule is COc1ccc(/C=C/C(=O)c2ccc3c(c2)OCO3)cc1COc1ccc(C)cc1[N+](=O)[O-]. The van der Waals surface area contributed by atoms with Gasteiger partial charge in [-0.2, -0.15) is 0 Å². The zero-order valence-electron chi connectivity index (χ0n) is 18.1. The van der Waals surface area contributed by atoms with E-state index in [1.165, 1.54) is 19.3 Å². The largest absolute Gasteiger partial charge is 0.496 e. The van der Waals surface area contributed by atoms with Gasteiger partial charge in [0.2, 0.25) is 6.79 Å². The van der Waals surface area contributed by atoms with E-state index in [1.807, 2.05) is 6.07 Å². The maximum absolute atomic E-state index is 12.6. The smallest absolute Gasteiger partial charge is 0.311 e. The van der Waals surface area contributed by atoms with E-state index in [9.17, 15) is 14.9 Å². The molecule has 4 rings (SSSR count). The van der Waals surface area contributed by atoms with Crippen LogP contribution < -0.4 is 18.9 Å². The number of carbonyl (C=O) groups excluding carboxylic acids is 1. The quantitative estimate of drug-likeness (QED) is 0.205. The number of benzene rings is 3. The van der Waals surface area contributed by atoms with Crippen molar-refractivity contribution in [3.05, 3.63) is 93.0 Å². The first-order valence-electron chi connectivity index (χ1n) is 10.1. The molecule has 0 aromatic heterocycles. The van der Waals surface area contributed by atoms with Crippen LogP contribution in [0.1, 0.15) is 27.0 Å². The number of aryl methyl sites for hydroxylation is 1. The maximum Gasteiger partial charge on any atom is 0.311 e. The van der Waals surface area contributed by atoms with Gasteiger partial charge in [-0.25, -0.2) is 0 Å². The van der Waals surface area contributed by atoms with E-state index in [2.05, 4.69) is 0 Å². The van der Waals surface area contributed by atoms with Crippen LogP contribution in [0.3, 0.4) is 0 Å². The van der Waals surface area contributed by atoms with Crippen molar-refractivity contribution in [2.45, 2.75) is 13.5 Å². The standard InChI is InChI=1S/C25H21NO7/c1-16-3-8-23(20(11-16)26(28)29)31-14-19-12-17(5-9-22(19)30-2)4-7-21(27)18-6-10-24-25(13-18)33-15-32-24/h3-13H,14-15H2,1-2H3/b7-4+. The average Bonchev–Trinajstić information content (AvgIpc) is 3.29. The Hall–Kier alpha value is -4.33. The molecule has 0 spiro atoms. The van der Waals surface area contributed by atoms with Crippen LogP contribution in [0.2, 0.25) is 0 Å². The summed E-state index contributed by atoms with van der Waals surface area (Å²) < 4.78 is 21.7. The molecule has 1 aliphatic heterocycles. The Morgan fingerprint density at radius 3 is 2.64 bits per heavy atom. The van der Waals surface area contributed by atoms with Crippen LogP contribution >= 0.6 is 0 Å². The van der Waals surface area contributed by atoms with Crippen molar-refractivity contribution in [3.8, 4) is 23.0 Å². The fourth-order valence-electron chi connectivity index (χ4n) is 3.38. The molecule has 0 atom stereocenters. The Kier molecular flexibility index (Phi) is 6.26. The normalized spacial score (nSPS) is 12.1. The molecule has 0 N–H and O–H groups in total. The number of rotatable bonds is 8. The summed E-state index contributed by atoms with van der Waals surface area (Å²) in [5.74, 6) is 1.72. The maximum atomic E-state index is 12.6. The van der Waals surface area contributed by atoms with Crippen molar-refractivity contribution in [1.82, 2.24) is 0 Å². The van der Waals surface area contributed by atoms with Gasteiger partial charge in [0, 0.05) is 17.2 Å². The first-order valence-corrected chi connectivity index (χ1v) is 10.1. The molecule has 8 nitrogen and oxygen atoms in total. The number of ketones is 1. The van der Waals surface area contributed by atoms with Gasteiger partial charge in [-0.15, -0.1) is 0 Å². The highest BCUT2D eigenvalue weighted by Crippen LogP contribution is 2.33. The van der Waals surface area contributed by atoms with E-state index in [0.717, 1.165) is 11.1 Å². The average molecular weight is 447 g/mol. The Bertz CT molecular complexity index is 1250. The number of nitro groups is 1. The minimum atomic E-state index is -0.472. The van der Waals surface area contributed by atoms with Gasteiger partial charge in [0.25, 0.3) is 0 Å². The van der Waals surface area contributed by atoms with Crippen LogP contribution in [0.15, 0.2) is 60.7 Å². The first kappa shape index (κ1) is 21.9. The molecule has 0 saturated carbocycles. The summed E-state index contributed by atoms with van der Waals surface area (Å²) in [5.41, 5.74) is 2.59. The second kappa shape index (κ2) is 9.44. The van der Waals surface area contributed by atoms with E-state index in [-0.39, 0.29) is 30.6 Å². The minimum absolute atomic E-state index is 0.0604. The highest BCUT2D eigenvalue weighted by molar-refractivity contribution is 6.07. The number of nitro benzene ring substituents is 1. The van der Waals surface area contributed by atoms with Crippen molar-refractivity contribution < 1.29 is 28.7 Å². The van der Waals surface area contributed by atoms with Gasteiger partial charge in [0.1, 0.15) is 12.4 Å². The molecule has 0 bridgehead atoms.